The van der Waals surface area contributed by atoms with Gasteiger partial charge in [0.25, 0.3) is 5.91 Å². The highest BCUT2D eigenvalue weighted by Crippen LogP contribution is 2.11. The third-order valence-corrected chi connectivity index (χ3v) is 3.72. The van der Waals surface area contributed by atoms with Gasteiger partial charge in [0.15, 0.2) is 0 Å². The van der Waals surface area contributed by atoms with Gasteiger partial charge in [0.2, 0.25) is 5.91 Å². The number of nitrogens with two attached hydrogens (primary N) is 1. The topological polar surface area (TPSA) is 84.2 Å². The predicted octanol–water partition coefficient (Wildman–Crippen LogP) is 3.24. The van der Waals surface area contributed by atoms with Gasteiger partial charge in [-0.3, -0.25) is 9.59 Å². The summed E-state index contributed by atoms with van der Waals surface area (Å²) in [4.78, 5) is 23.9. The fourth-order valence-electron chi connectivity index (χ4n) is 2.27. The first-order valence-electron chi connectivity index (χ1n) is 8.18. The number of carbonyl (C=O) groups is 2. The third-order valence-electron chi connectivity index (χ3n) is 3.72. The van der Waals surface area contributed by atoms with Gasteiger partial charge in [-0.05, 0) is 48.4 Å². The van der Waals surface area contributed by atoms with E-state index < -0.39 is 6.04 Å². The lowest BCUT2D eigenvalue weighted by atomic mass is 10.1. The van der Waals surface area contributed by atoms with Crippen LogP contribution in [-0.4, -0.2) is 17.9 Å². The van der Waals surface area contributed by atoms with Crippen molar-refractivity contribution in [2.45, 2.75) is 32.4 Å². The molecular weight excluding hydrogens is 357 g/mol. The molecule has 2 rings (SSSR count). The molecule has 0 bridgehead atoms. The van der Waals surface area contributed by atoms with Gasteiger partial charge < -0.3 is 16.4 Å². The van der Waals surface area contributed by atoms with E-state index in [1.165, 1.54) is 24.3 Å². The number of benzene rings is 2. The van der Waals surface area contributed by atoms with Gasteiger partial charge >= 0.3 is 0 Å². The molecule has 0 saturated heterocycles. The van der Waals surface area contributed by atoms with Crippen LogP contribution in [0.1, 0.15) is 35.7 Å². The van der Waals surface area contributed by atoms with Crippen molar-refractivity contribution in [3.8, 4) is 0 Å². The van der Waals surface area contributed by atoms with E-state index in [0.717, 1.165) is 12.0 Å². The maximum atomic E-state index is 12.9. The molecule has 1 atom stereocenters. The quantitative estimate of drug-likeness (QED) is 0.690. The van der Waals surface area contributed by atoms with E-state index >= 15 is 0 Å². The summed E-state index contributed by atoms with van der Waals surface area (Å²) in [5, 5.41) is 5.47. The summed E-state index contributed by atoms with van der Waals surface area (Å²) in [6.07, 6.45) is 1.50. The van der Waals surface area contributed by atoms with Crippen molar-refractivity contribution >= 4 is 29.9 Å². The van der Waals surface area contributed by atoms with Crippen LogP contribution in [0.3, 0.4) is 0 Å². The molecule has 0 aliphatic heterocycles. The molecule has 5 nitrogen and oxygen atoms in total. The second-order valence-electron chi connectivity index (χ2n) is 5.77. The Morgan fingerprint density at radius 1 is 1.08 bits per heavy atom. The van der Waals surface area contributed by atoms with Gasteiger partial charge in [0, 0.05) is 17.8 Å². The molecule has 0 fully saturated rings. The maximum Gasteiger partial charge on any atom is 0.255 e. The summed E-state index contributed by atoms with van der Waals surface area (Å²) in [5.41, 5.74) is 7.62. The maximum absolute atomic E-state index is 12.9. The minimum Gasteiger partial charge on any atom is -0.351 e. The lowest BCUT2D eigenvalue weighted by Crippen LogP contribution is -2.40. The Bertz CT molecular complexity index is 721. The van der Waals surface area contributed by atoms with Crippen LogP contribution < -0.4 is 16.4 Å². The SMILES string of the molecule is CCCC(N)C(=O)NCc1ccc(C(=O)Nc2ccc(F)cc2)cc1.Cl. The highest BCUT2D eigenvalue weighted by Gasteiger charge is 2.11. The van der Waals surface area contributed by atoms with Gasteiger partial charge in [-0.2, -0.15) is 0 Å². The van der Waals surface area contributed by atoms with Gasteiger partial charge in [0.1, 0.15) is 5.82 Å². The zero-order valence-electron chi connectivity index (χ0n) is 14.5. The molecule has 26 heavy (non-hydrogen) atoms. The zero-order valence-corrected chi connectivity index (χ0v) is 15.3. The Balaban J connectivity index is 0.00000338. The van der Waals surface area contributed by atoms with Crippen LogP contribution in [-0.2, 0) is 11.3 Å². The summed E-state index contributed by atoms with van der Waals surface area (Å²) in [7, 11) is 0. The van der Waals surface area contributed by atoms with Gasteiger partial charge in [-0.1, -0.05) is 25.5 Å². The summed E-state index contributed by atoms with van der Waals surface area (Å²) in [5.74, 6) is -0.824. The molecular formula is C19H23ClFN3O2. The number of nitrogens with one attached hydrogen (secondary N) is 2. The van der Waals surface area contributed by atoms with Crippen LogP contribution in [0.5, 0.6) is 0 Å². The van der Waals surface area contributed by atoms with Crippen molar-refractivity contribution in [2.24, 2.45) is 5.73 Å². The molecule has 2 aromatic rings. The van der Waals surface area contributed by atoms with E-state index in [1.807, 2.05) is 6.92 Å². The van der Waals surface area contributed by atoms with Gasteiger partial charge in [-0.15, -0.1) is 12.4 Å². The fraction of sp³-hybridized carbons (Fsp3) is 0.263. The van der Waals surface area contributed by atoms with Crippen molar-refractivity contribution in [3.05, 3.63) is 65.5 Å². The summed E-state index contributed by atoms with van der Waals surface area (Å²) in [6, 6.07) is 11.9. The van der Waals surface area contributed by atoms with E-state index in [2.05, 4.69) is 10.6 Å². The average molecular weight is 380 g/mol. The number of amides is 2. The fourth-order valence-corrected chi connectivity index (χ4v) is 2.27. The highest BCUT2D eigenvalue weighted by molar-refractivity contribution is 6.04. The van der Waals surface area contributed by atoms with Crippen LogP contribution in [0.25, 0.3) is 0 Å². The van der Waals surface area contributed by atoms with Crippen LogP contribution >= 0.6 is 12.4 Å². The molecule has 140 valence electrons. The van der Waals surface area contributed by atoms with Crippen molar-refractivity contribution < 1.29 is 14.0 Å². The summed E-state index contributed by atoms with van der Waals surface area (Å²) in [6.45, 7) is 2.33. The van der Waals surface area contributed by atoms with Gasteiger partial charge in [0.05, 0.1) is 6.04 Å². The molecule has 0 saturated carbocycles. The minimum absolute atomic E-state index is 0. The first-order chi connectivity index (χ1) is 12.0. The van der Waals surface area contributed by atoms with E-state index in [1.54, 1.807) is 24.3 Å². The number of anilines is 1. The molecule has 2 aromatic carbocycles. The molecule has 0 heterocycles. The largest absolute Gasteiger partial charge is 0.351 e. The van der Waals surface area contributed by atoms with Crippen molar-refractivity contribution in [1.82, 2.24) is 5.32 Å². The number of hydrogen-bond acceptors (Lipinski definition) is 3. The molecule has 0 aromatic heterocycles. The summed E-state index contributed by atoms with van der Waals surface area (Å²) < 4.78 is 12.9. The van der Waals surface area contributed by atoms with E-state index in [9.17, 15) is 14.0 Å². The lowest BCUT2D eigenvalue weighted by molar-refractivity contribution is -0.122. The van der Waals surface area contributed by atoms with Crippen LogP contribution in [0.15, 0.2) is 48.5 Å². The van der Waals surface area contributed by atoms with Crippen LogP contribution in [0, 0.1) is 5.82 Å². The monoisotopic (exact) mass is 379 g/mol. The van der Waals surface area contributed by atoms with Crippen molar-refractivity contribution in [1.29, 1.82) is 0 Å². The number of rotatable bonds is 7. The molecule has 4 N–H and O–H groups in total. The molecule has 0 aliphatic carbocycles. The Morgan fingerprint density at radius 2 is 1.69 bits per heavy atom. The lowest BCUT2D eigenvalue weighted by Gasteiger charge is -2.11. The first kappa shape index (κ1) is 21.6. The second-order valence-corrected chi connectivity index (χ2v) is 5.77. The molecule has 0 radical (unpaired) electrons. The van der Waals surface area contributed by atoms with E-state index in [-0.39, 0.29) is 30.0 Å². The molecule has 2 amide bonds. The van der Waals surface area contributed by atoms with E-state index in [4.69, 9.17) is 5.73 Å². The normalized spacial score (nSPS) is 11.2. The molecule has 0 aliphatic rings. The molecule has 1 unspecified atom stereocenters. The van der Waals surface area contributed by atoms with Crippen molar-refractivity contribution in [2.75, 3.05) is 5.32 Å². The predicted molar refractivity (Wildman–Crippen MR) is 103 cm³/mol. The number of hydrogen-bond donors (Lipinski definition) is 3. The highest BCUT2D eigenvalue weighted by atomic mass is 35.5. The average Bonchev–Trinajstić information content (AvgIpc) is 2.62. The molecule has 0 spiro atoms. The Labute approximate surface area is 158 Å². The van der Waals surface area contributed by atoms with Crippen LogP contribution in [0.4, 0.5) is 10.1 Å². The molecule has 7 heteroatoms. The second kappa shape index (κ2) is 10.5. The van der Waals surface area contributed by atoms with Crippen molar-refractivity contribution in [3.63, 3.8) is 0 Å². The van der Waals surface area contributed by atoms with Gasteiger partial charge in [-0.25, -0.2) is 4.39 Å². The Kier molecular flexibility index (Phi) is 8.75. The van der Waals surface area contributed by atoms with Crippen LogP contribution in [0.2, 0.25) is 0 Å². The Hall–Kier alpha value is -2.44. The number of halogens is 2. The smallest absolute Gasteiger partial charge is 0.255 e. The zero-order chi connectivity index (χ0) is 18.2. The standard InChI is InChI=1S/C19H22FN3O2.ClH/c1-2-3-17(21)19(25)22-12-13-4-6-14(7-5-13)18(24)23-16-10-8-15(20)9-11-16;/h4-11,17H,2-3,12,21H2,1H3,(H,22,25)(H,23,24);1H. The third kappa shape index (κ3) is 6.46. The summed E-state index contributed by atoms with van der Waals surface area (Å²) >= 11 is 0. The number of carbonyl (C=O) groups excluding carboxylic acids is 2. The minimum atomic E-state index is -0.495. The van der Waals surface area contributed by atoms with E-state index in [0.29, 0.717) is 24.2 Å². The first-order valence-corrected chi connectivity index (χ1v) is 8.18. The Morgan fingerprint density at radius 3 is 2.27 bits per heavy atom.